The number of rotatable bonds is 5. The minimum atomic E-state index is -0.476. The molecule has 0 atom stereocenters. The molecule has 0 amide bonds. The number of methoxy groups -OCH3 is 3. The third kappa shape index (κ3) is 4.14. The second-order valence-electron chi connectivity index (χ2n) is 5.54. The molecule has 0 fully saturated rings. The van der Waals surface area contributed by atoms with Crippen LogP contribution in [0.1, 0.15) is 26.3 Å². The normalized spacial score (nSPS) is 12.0. The fraction of sp³-hybridized carbons (Fsp3) is 0.438. The van der Waals surface area contributed by atoms with Gasteiger partial charge in [-0.05, 0) is 40.8 Å². The van der Waals surface area contributed by atoms with Gasteiger partial charge >= 0.3 is 0 Å². The van der Waals surface area contributed by atoms with Crippen LogP contribution in [-0.4, -0.2) is 26.6 Å². The molecular weight excluding hydrogens is 292 g/mol. The summed E-state index contributed by atoms with van der Waals surface area (Å²) in [5, 5.41) is -0.476. The van der Waals surface area contributed by atoms with Crippen molar-refractivity contribution in [1.82, 2.24) is 0 Å². The first kappa shape index (κ1) is 17.4. The predicted octanol–water partition coefficient (Wildman–Crippen LogP) is 3.91. The van der Waals surface area contributed by atoms with Gasteiger partial charge in [0.2, 0.25) is 11.0 Å². The van der Waals surface area contributed by atoms with E-state index in [1.54, 1.807) is 39.5 Å². The summed E-state index contributed by atoms with van der Waals surface area (Å²) in [6.07, 6.45) is 1.74. The monoisotopic (exact) mass is 312 g/mol. The third-order valence-corrected chi connectivity index (χ3v) is 3.22. The predicted molar refractivity (Wildman–Crippen MR) is 84.4 cm³/mol. The van der Waals surface area contributed by atoms with Crippen molar-refractivity contribution in [3.05, 3.63) is 23.3 Å². The average molecular weight is 313 g/mol. The molecule has 0 radical (unpaired) electrons. The molecule has 1 aromatic carbocycles. The van der Waals surface area contributed by atoms with Crippen LogP contribution < -0.4 is 14.2 Å². The number of carbonyl (C=O) groups is 1. The van der Waals surface area contributed by atoms with Gasteiger partial charge in [0.25, 0.3) is 0 Å². The summed E-state index contributed by atoms with van der Waals surface area (Å²) in [7, 11) is 4.63. The van der Waals surface area contributed by atoms with Crippen molar-refractivity contribution in [2.24, 2.45) is 5.41 Å². The van der Waals surface area contributed by atoms with Crippen LogP contribution in [0.25, 0.3) is 6.08 Å². The number of hydrogen-bond donors (Lipinski definition) is 0. The van der Waals surface area contributed by atoms with E-state index < -0.39 is 5.24 Å². The molecule has 5 heteroatoms. The maximum Gasteiger partial charge on any atom is 0.248 e. The van der Waals surface area contributed by atoms with Gasteiger partial charge in [-0.15, -0.1) is 0 Å². The zero-order chi connectivity index (χ0) is 16.2. The standard InChI is InChI=1S/C16H21ClO4/c1-16(2,3)11(15(17)18)7-10-8-12(19-4)14(21-6)13(9-10)20-5/h7-9H,1-6H3/b11-7-. The Kier molecular flexibility index (Phi) is 5.67. The van der Waals surface area contributed by atoms with Gasteiger partial charge < -0.3 is 14.2 Å². The van der Waals surface area contributed by atoms with E-state index in [-0.39, 0.29) is 5.41 Å². The first-order chi connectivity index (χ1) is 9.74. The molecule has 0 aliphatic carbocycles. The fourth-order valence-electron chi connectivity index (χ4n) is 1.92. The van der Waals surface area contributed by atoms with E-state index in [9.17, 15) is 4.79 Å². The molecular formula is C16H21ClO4. The molecule has 4 nitrogen and oxygen atoms in total. The van der Waals surface area contributed by atoms with E-state index in [0.29, 0.717) is 22.8 Å². The van der Waals surface area contributed by atoms with Gasteiger partial charge in [-0.25, -0.2) is 0 Å². The quantitative estimate of drug-likeness (QED) is 0.611. The van der Waals surface area contributed by atoms with Gasteiger partial charge in [-0.3, -0.25) is 4.79 Å². The molecule has 0 N–H and O–H groups in total. The SMILES string of the molecule is COc1cc(/C=C(/C(=O)Cl)C(C)(C)C)cc(OC)c1OC. The molecule has 0 spiro atoms. The number of ether oxygens (including phenoxy) is 3. The molecule has 1 aromatic rings. The number of allylic oxidation sites excluding steroid dienone is 1. The first-order valence-electron chi connectivity index (χ1n) is 6.46. The maximum atomic E-state index is 11.6. The van der Waals surface area contributed by atoms with Gasteiger partial charge in [0.05, 0.1) is 21.3 Å². The lowest BCUT2D eigenvalue weighted by molar-refractivity contribution is -0.109. The molecule has 0 saturated heterocycles. The minimum Gasteiger partial charge on any atom is -0.493 e. The van der Waals surface area contributed by atoms with Crippen molar-refractivity contribution in [2.45, 2.75) is 20.8 Å². The number of benzene rings is 1. The largest absolute Gasteiger partial charge is 0.493 e. The van der Waals surface area contributed by atoms with E-state index in [4.69, 9.17) is 25.8 Å². The van der Waals surface area contributed by atoms with Crippen LogP contribution >= 0.6 is 11.6 Å². The highest BCUT2D eigenvalue weighted by atomic mass is 35.5. The average Bonchev–Trinajstić information content (AvgIpc) is 2.41. The van der Waals surface area contributed by atoms with Crippen molar-refractivity contribution < 1.29 is 19.0 Å². The Balaban J connectivity index is 3.47. The molecule has 0 heterocycles. The highest BCUT2D eigenvalue weighted by Gasteiger charge is 2.23. The summed E-state index contributed by atoms with van der Waals surface area (Å²) in [5.41, 5.74) is 0.904. The summed E-state index contributed by atoms with van der Waals surface area (Å²) < 4.78 is 15.9. The van der Waals surface area contributed by atoms with Crippen molar-refractivity contribution >= 4 is 22.9 Å². The highest BCUT2D eigenvalue weighted by molar-refractivity contribution is 6.68. The summed E-state index contributed by atoms with van der Waals surface area (Å²) in [5.74, 6) is 1.56. The summed E-state index contributed by atoms with van der Waals surface area (Å²) in [4.78, 5) is 11.6. The highest BCUT2D eigenvalue weighted by Crippen LogP contribution is 2.39. The Labute approximate surface area is 130 Å². The Morgan fingerprint density at radius 1 is 1.05 bits per heavy atom. The molecule has 0 unspecified atom stereocenters. The van der Waals surface area contributed by atoms with Crippen LogP contribution in [0.5, 0.6) is 17.2 Å². The van der Waals surface area contributed by atoms with Gasteiger partial charge in [0.1, 0.15) is 0 Å². The van der Waals surface area contributed by atoms with Crippen LogP contribution in [0.15, 0.2) is 17.7 Å². The smallest absolute Gasteiger partial charge is 0.248 e. The van der Waals surface area contributed by atoms with E-state index in [2.05, 4.69) is 0 Å². The van der Waals surface area contributed by atoms with Crippen molar-refractivity contribution in [3.63, 3.8) is 0 Å². The summed E-state index contributed by atoms with van der Waals surface area (Å²) in [6, 6.07) is 3.54. The number of hydrogen-bond acceptors (Lipinski definition) is 4. The van der Waals surface area contributed by atoms with Crippen LogP contribution in [0.2, 0.25) is 0 Å². The molecule has 21 heavy (non-hydrogen) atoms. The van der Waals surface area contributed by atoms with Crippen LogP contribution in [-0.2, 0) is 4.79 Å². The zero-order valence-corrected chi connectivity index (χ0v) is 14.0. The Morgan fingerprint density at radius 2 is 1.52 bits per heavy atom. The second-order valence-corrected chi connectivity index (χ2v) is 5.88. The Bertz CT molecular complexity index is 531. The number of carbonyl (C=O) groups excluding carboxylic acids is 1. The van der Waals surface area contributed by atoms with Crippen molar-refractivity contribution in [3.8, 4) is 17.2 Å². The maximum absolute atomic E-state index is 11.6. The molecule has 0 aromatic heterocycles. The van der Waals surface area contributed by atoms with Gasteiger partial charge in [0, 0.05) is 5.57 Å². The Morgan fingerprint density at radius 3 is 1.81 bits per heavy atom. The van der Waals surface area contributed by atoms with Crippen LogP contribution in [0, 0.1) is 5.41 Å². The lowest BCUT2D eigenvalue weighted by Gasteiger charge is -2.20. The lowest BCUT2D eigenvalue weighted by Crippen LogP contribution is -2.14. The third-order valence-electron chi connectivity index (χ3n) is 3.02. The minimum absolute atomic E-state index is 0.362. The molecule has 0 aliphatic heterocycles. The molecule has 0 saturated carbocycles. The Hall–Kier alpha value is -1.68. The van der Waals surface area contributed by atoms with E-state index in [0.717, 1.165) is 5.56 Å². The van der Waals surface area contributed by atoms with Gasteiger partial charge in [0.15, 0.2) is 11.5 Å². The lowest BCUT2D eigenvalue weighted by atomic mass is 9.86. The fourth-order valence-corrected chi connectivity index (χ4v) is 2.26. The van der Waals surface area contributed by atoms with Crippen LogP contribution in [0.4, 0.5) is 0 Å². The molecule has 1 rings (SSSR count). The first-order valence-corrected chi connectivity index (χ1v) is 6.84. The summed E-state index contributed by atoms with van der Waals surface area (Å²) >= 11 is 5.69. The topological polar surface area (TPSA) is 44.8 Å². The second kappa shape index (κ2) is 6.85. The van der Waals surface area contributed by atoms with E-state index in [1.807, 2.05) is 20.8 Å². The summed E-state index contributed by atoms with van der Waals surface area (Å²) in [6.45, 7) is 5.78. The molecule has 0 aliphatic rings. The van der Waals surface area contributed by atoms with Crippen LogP contribution in [0.3, 0.4) is 0 Å². The van der Waals surface area contributed by atoms with Crippen molar-refractivity contribution in [1.29, 1.82) is 0 Å². The van der Waals surface area contributed by atoms with Gasteiger partial charge in [-0.2, -0.15) is 0 Å². The van der Waals surface area contributed by atoms with Gasteiger partial charge in [-0.1, -0.05) is 20.8 Å². The molecule has 0 bridgehead atoms. The number of halogens is 1. The molecule has 116 valence electrons. The van der Waals surface area contributed by atoms with E-state index in [1.165, 1.54) is 0 Å². The van der Waals surface area contributed by atoms with E-state index >= 15 is 0 Å². The zero-order valence-electron chi connectivity index (χ0n) is 13.2. The van der Waals surface area contributed by atoms with Crippen molar-refractivity contribution in [2.75, 3.05) is 21.3 Å².